The van der Waals surface area contributed by atoms with Gasteiger partial charge >= 0.3 is 5.97 Å². The summed E-state index contributed by atoms with van der Waals surface area (Å²) in [6, 6.07) is 8.47. The van der Waals surface area contributed by atoms with Gasteiger partial charge in [0.1, 0.15) is 6.07 Å². The normalized spacial score (nSPS) is 10.5. The zero-order chi connectivity index (χ0) is 11.3. The first kappa shape index (κ1) is 11.0. The van der Waals surface area contributed by atoms with Gasteiger partial charge in [0.15, 0.2) is 0 Å². The molecular weight excluding hydrogens is 218 g/mol. The quantitative estimate of drug-likeness (QED) is 0.602. The molecule has 0 aromatic heterocycles. The van der Waals surface area contributed by atoms with Crippen molar-refractivity contribution in [1.82, 2.24) is 0 Å². The van der Waals surface area contributed by atoms with Crippen molar-refractivity contribution in [3.8, 4) is 6.07 Å². The number of anilines is 1. The van der Waals surface area contributed by atoms with Crippen molar-refractivity contribution >= 4 is 28.4 Å². The Kier molecular flexibility index (Phi) is 3.66. The van der Waals surface area contributed by atoms with Gasteiger partial charge in [-0.2, -0.15) is 10.4 Å². The van der Waals surface area contributed by atoms with Gasteiger partial charge in [-0.05, 0) is 12.1 Å². The van der Waals surface area contributed by atoms with E-state index in [-0.39, 0.29) is 0 Å². The molecule has 0 aliphatic carbocycles. The van der Waals surface area contributed by atoms with Gasteiger partial charge in [-0.3, -0.25) is 5.43 Å². The lowest BCUT2D eigenvalue weighted by Gasteiger charge is -2.01. The van der Waals surface area contributed by atoms with Crippen LogP contribution in [0.3, 0.4) is 0 Å². The molecule has 2 N–H and O–H groups in total. The predicted octanol–water partition coefficient (Wildman–Crippen LogP) is 1.61. The maximum absolute atomic E-state index is 10.3. The predicted molar refractivity (Wildman–Crippen MR) is 55.7 cm³/mol. The Morgan fingerprint density at radius 1 is 1.53 bits per heavy atom. The summed E-state index contributed by atoms with van der Waals surface area (Å²) in [7, 11) is 0. The van der Waals surface area contributed by atoms with E-state index in [0.29, 0.717) is 11.3 Å². The highest BCUT2D eigenvalue weighted by molar-refractivity contribution is 6.81. The van der Waals surface area contributed by atoms with Crippen LogP contribution in [-0.2, 0) is 4.79 Å². The van der Waals surface area contributed by atoms with Crippen molar-refractivity contribution in [2.45, 2.75) is 0 Å². The summed E-state index contributed by atoms with van der Waals surface area (Å²) in [4.78, 5) is 10.3. The van der Waals surface area contributed by atoms with E-state index in [9.17, 15) is 4.79 Å². The zero-order valence-electron chi connectivity index (χ0n) is 7.44. The van der Waals surface area contributed by atoms with Gasteiger partial charge in [0, 0.05) is 0 Å². The Hall–Kier alpha value is -2.06. The zero-order valence-corrected chi connectivity index (χ0v) is 8.19. The third-order valence-corrected chi connectivity index (χ3v) is 1.74. The van der Waals surface area contributed by atoms with Gasteiger partial charge in [0.25, 0.3) is 0 Å². The number of nitrogens with one attached hydrogen (secondary N) is 1. The first-order chi connectivity index (χ1) is 7.15. The second-order valence-corrected chi connectivity index (χ2v) is 2.83. The molecule has 0 saturated heterocycles. The lowest BCUT2D eigenvalue weighted by Crippen LogP contribution is -2.07. The number of nitriles is 1. The fraction of sp³-hybridized carbons (Fsp3) is 0. The summed E-state index contributed by atoms with van der Waals surface area (Å²) in [5.41, 5.74) is 3.16. The maximum atomic E-state index is 10.3. The number of hydrogen-bond acceptors (Lipinski definition) is 4. The number of para-hydroxylation sites is 1. The lowest BCUT2D eigenvalue weighted by atomic mass is 10.2. The van der Waals surface area contributed by atoms with Crippen LogP contribution >= 0.6 is 11.6 Å². The molecule has 0 spiro atoms. The summed E-state index contributed by atoms with van der Waals surface area (Å²) in [5, 5.41) is 19.9. The molecular formula is C9H6ClN3O2. The Bertz CT molecular complexity index is 451. The van der Waals surface area contributed by atoms with E-state index in [4.69, 9.17) is 22.0 Å². The minimum absolute atomic E-state index is 0.358. The van der Waals surface area contributed by atoms with Crippen LogP contribution < -0.4 is 5.43 Å². The minimum Gasteiger partial charge on any atom is -0.476 e. The molecule has 0 aliphatic rings. The summed E-state index contributed by atoms with van der Waals surface area (Å²) in [5.74, 6) is -1.33. The molecule has 1 aromatic rings. The van der Waals surface area contributed by atoms with E-state index in [1.807, 2.05) is 6.07 Å². The largest absolute Gasteiger partial charge is 0.476 e. The Labute approximate surface area is 90.6 Å². The Morgan fingerprint density at radius 2 is 2.20 bits per heavy atom. The van der Waals surface area contributed by atoms with E-state index >= 15 is 0 Å². The second kappa shape index (κ2) is 4.98. The van der Waals surface area contributed by atoms with Gasteiger partial charge in [-0.25, -0.2) is 4.79 Å². The molecule has 0 fully saturated rings. The van der Waals surface area contributed by atoms with Gasteiger partial charge in [0.05, 0.1) is 11.3 Å². The number of benzene rings is 1. The Morgan fingerprint density at radius 3 is 2.80 bits per heavy atom. The van der Waals surface area contributed by atoms with Crippen molar-refractivity contribution in [2.24, 2.45) is 5.10 Å². The minimum atomic E-state index is -1.33. The highest BCUT2D eigenvalue weighted by Crippen LogP contribution is 2.13. The van der Waals surface area contributed by atoms with Crippen LogP contribution in [0, 0.1) is 11.3 Å². The number of hydrogen-bond donors (Lipinski definition) is 2. The topological polar surface area (TPSA) is 85.5 Å². The fourth-order valence-electron chi connectivity index (χ4n) is 0.835. The molecule has 0 bridgehead atoms. The molecule has 0 saturated carbocycles. The summed E-state index contributed by atoms with van der Waals surface area (Å²) < 4.78 is 0. The molecule has 15 heavy (non-hydrogen) atoms. The number of hydrazone groups is 1. The molecule has 6 heteroatoms. The molecule has 0 amide bonds. The maximum Gasteiger partial charge on any atom is 0.368 e. The van der Waals surface area contributed by atoms with Crippen LogP contribution in [0.2, 0.25) is 0 Å². The molecule has 1 rings (SSSR count). The van der Waals surface area contributed by atoms with E-state index < -0.39 is 11.1 Å². The van der Waals surface area contributed by atoms with Gasteiger partial charge < -0.3 is 5.11 Å². The van der Waals surface area contributed by atoms with E-state index in [1.165, 1.54) is 0 Å². The highest BCUT2D eigenvalue weighted by atomic mass is 35.5. The Balaban J connectivity index is 2.87. The SMILES string of the molecule is N#Cc1ccccc1N/N=C(\Cl)C(=O)O. The molecule has 0 heterocycles. The van der Waals surface area contributed by atoms with Crippen molar-refractivity contribution in [3.63, 3.8) is 0 Å². The first-order valence-electron chi connectivity index (χ1n) is 3.86. The molecule has 5 nitrogen and oxygen atoms in total. The molecule has 0 aliphatic heterocycles. The summed E-state index contributed by atoms with van der Waals surface area (Å²) in [6.45, 7) is 0. The van der Waals surface area contributed by atoms with Gasteiger partial charge in [-0.1, -0.05) is 23.7 Å². The van der Waals surface area contributed by atoms with Crippen LogP contribution in [0.5, 0.6) is 0 Å². The number of rotatable bonds is 3. The molecule has 76 valence electrons. The average Bonchev–Trinajstić information content (AvgIpc) is 2.26. The van der Waals surface area contributed by atoms with Crippen molar-refractivity contribution in [3.05, 3.63) is 29.8 Å². The standard InChI is InChI=1S/C9H6ClN3O2/c10-8(9(14)15)13-12-7-4-2-1-3-6(7)5-11/h1-4,12H,(H,14,15)/b13-8-. The summed E-state index contributed by atoms with van der Waals surface area (Å²) in [6.07, 6.45) is 0. The average molecular weight is 224 g/mol. The summed E-state index contributed by atoms with van der Waals surface area (Å²) >= 11 is 5.27. The second-order valence-electron chi connectivity index (χ2n) is 2.48. The van der Waals surface area contributed by atoms with Crippen molar-refractivity contribution in [2.75, 3.05) is 5.43 Å². The number of aliphatic carboxylic acids is 1. The number of carboxylic acid groups (broad SMARTS) is 1. The van der Waals surface area contributed by atoms with Crippen LogP contribution in [-0.4, -0.2) is 16.2 Å². The number of carboxylic acids is 1. The molecule has 0 unspecified atom stereocenters. The monoisotopic (exact) mass is 223 g/mol. The van der Waals surface area contributed by atoms with E-state index in [1.54, 1.807) is 24.3 Å². The van der Waals surface area contributed by atoms with Crippen LogP contribution in [0.4, 0.5) is 5.69 Å². The van der Waals surface area contributed by atoms with Crippen LogP contribution in [0.25, 0.3) is 0 Å². The number of halogens is 1. The number of carbonyl (C=O) groups is 1. The molecule has 1 aromatic carbocycles. The van der Waals surface area contributed by atoms with Gasteiger partial charge in [0.2, 0.25) is 5.17 Å². The van der Waals surface area contributed by atoms with Crippen LogP contribution in [0.1, 0.15) is 5.56 Å². The first-order valence-corrected chi connectivity index (χ1v) is 4.24. The number of nitrogens with zero attached hydrogens (tertiary/aromatic N) is 2. The van der Waals surface area contributed by atoms with Crippen LogP contribution in [0.15, 0.2) is 29.4 Å². The van der Waals surface area contributed by atoms with E-state index in [2.05, 4.69) is 10.5 Å². The highest BCUT2D eigenvalue weighted by Gasteiger charge is 2.05. The fourth-order valence-corrected chi connectivity index (χ4v) is 0.877. The van der Waals surface area contributed by atoms with Crippen molar-refractivity contribution < 1.29 is 9.90 Å². The molecule has 0 radical (unpaired) electrons. The third-order valence-electron chi connectivity index (χ3n) is 1.50. The van der Waals surface area contributed by atoms with Gasteiger partial charge in [-0.15, -0.1) is 0 Å². The smallest absolute Gasteiger partial charge is 0.368 e. The lowest BCUT2D eigenvalue weighted by molar-refractivity contribution is -0.129. The third kappa shape index (κ3) is 2.97. The van der Waals surface area contributed by atoms with Crippen molar-refractivity contribution in [1.29, 1.82) is 5.26 Å². The molecule has 0 atom stereocenters. The van der Waals surface area contributed by atoms with E-state index in [0.717, 1.165) is 0 Å².